The van der Waals surface area contributed by atoms with Gasteiger partial charge in [0.2, 0.25) is 0 Å². The second-order valence-corrected chi connectivity index (χ2v) is 14.8. The largest absolute Gasteiger partial charge is 0.462 e. The predicted octanol–water partition coefficient (Wildman–Crippen LogP) is 7.42. The summed E-state index contributed by atoms with van der Waals surface area (Å²) in [5, 5.41) is 0. The lowest BCUT2D eigenvalue weighted by Gasteiger charge is -2.70. The van der Waals surface area contributed by atoms with Gasteiger partial charge in [-0.25, -0.2) is 0 Å². The van der Waals surface area contributed by atoms with Gasteiger partial charge in [0.1, 0.15) is 18.5 Å². The monoisotopic (exact) mass is 570 g/mol. The molecule has 4 rings (SSSR count). The maximum atomic E-state index is 13.5. The summed E-state index contributed by atoms with van der Waals surface area (Å²) in [5.41, 5.74) is 0.259. The molecule has 4 aliphatic carbocycles. The Kier molecular flexibility index (Phi) is 9.04. The third kappa shape index (κ3) is 5.13. The summed E-state index contributed by atoms with van der Waals surface area (Å²) in [7, 11) is 0. The van der Waals surface area contributed by atoms with Gasteiger partial charge >= 0.3 is 11.9 Å². The van der Waals surface area contributed by atoms with E-state index >= 15 is 0 Å². The van der Waals surface area contributed by atoms with Gasteiger partial charge < -0.3 is 14.3 Å². The van der Waals surface area contributed by atoms with Crippen molar-refractivity contribution >= 4 is 24.0 Å². The number of ketones is 1. The van der Waals surface area contributed by atoms with Crippen LogP contribution >= 0.6 is 0 Å². The van der Waals surface area contributed by atoms with Crippen LogP contribution in [-0.2, 0) is 28.7 Å². The number of esters is 2. The Morgan fingerprint density at radius 3 is 2.24 bits per heavy atom. The lowest BCUT2D eigenvalue weighted by Crippen LogP contribution is -2.67. The Bertz CT molecular complexity index is 1080. The quantitative estimate of drug-likeness (QED) is 0.212. The molecule has 0 amide bonds. The summed E-state index contributed by atoms with van der Waals surface area (Å²) in [4.78, 5) is 51.1. The van der Waals surface area contributed by atoms with Crippen molar-refractivity contribution in [1.29, 1.82) is 0 Å². The van der Waals surface area contributed by atoms with Gasteiger partial charge in [0.05, 0.1) is 12.3 Å². The van der Waals surface area contributed by atoms with Crippen molar-refractivity contribution in [2.75, 3.05) is 0 Å². The van der Waals surface area contributed by atoms with Crippen molar-refractivity contribution in [3.63, 3.8) is 0 Å². The molecule has 3 fully saturated rings. The second-order valence-electron chi connectivity index (χ2n) is 14.8. The van der Waals surface area contributed by atoms with Gasteiger partial charge in [-0.2, -0.15) is 0 Å². The number of aldehydes is 1. The van der Waals surface area contributed by atoms with E-state index in [1.54, 1.807) is 6.92 Å². The van der Waals surface area contributed by atoms with Crippen LogP contribution < -0.4 is 0 Å². The third-order valence-electron chi connectivity index (χ3n) is 13.0. The molecule has 0 bridgehead atoms. The molecule has 0 aromatic rings. The van der Waals surface area contributed by atoms with Gasteiger partial charge in [-0.15, -0.1) is 0 Å². The maximum Gasteiger partial charge on any atom is 0.309 e. The average molecular weight is 571 g/mol. The lowest BCUT2D eigenvalue weighted by molar-refractivity contribution is -0.240. The molecule has 4 unspecified atom stereocenters. The van der Waals surface area contributed by atoms with E-state index in [4.69, 9.17) is 9.47 Å². The molecule has 0 spiro atoms. The van der Waals surface area contributed by atoms with Gasteiger partial charge in [0.25, 0.3) is 0 Å². The van der Waals surface area contributed by atoms with Gasteiger partial charge in [-0.05, 0) is 85.9 Å². The zero-order valence-corrected chi connectivity index (χ0v) is 26.8. The molecule has 6 nitrogen and oxygen atoms in total. The zero-order valence-electron chi connectivity index (χ0n) is 26.8. The predicted molar refractivity (Wildman–Crippen MR) is 159 cm³/mol. The van der Waals surface area contributed by atoms with Crippen molar-refractivity contribution in [1.82, 2.24) is 0 Å². The number of Topliss-reactive ketones (excluding diaryl/α,β-unsaturated/α-hetero) is 1. The fourth-order valence-electron chi connectivity index (χ4n) is 10.6. The Labute approximate surface area is 247 Å². The molecule has 41 heavy (non-hydrogen) atoms. The fourth-order valence-corrected chi connectivity index (χ4v) is 10.6. The Morgan fingerprint density at radius 1 is 0.976 bits per heavy atom. The van der Waals surface area contributed by atoms with Gasteiger partial charge in [0.15, 0.2) is 5.78 Å². The molecule has 10 atom stereocenters. The molecular weight excluding hydrogens is 516 g/mol. The van der Waals surface area contributed by atoms with Crippen LogP contribution in [0.4, 0.5) is 0 Å². The van der Waals surface area contributed by atoms with E-state index in [1.807, 2.05) is 13.0 Å². The van der Waals surface area contributed by atoms with E-state index in [1.165, 1.54) is 39.0 Å². The highest BCUT2D eigenvalue weighted by atomic mass is 16.6. The topological polar surface area (TPSA) is 86.7 Å². The molecule has 0 aromatic carbocycles. The van der Waals surface area contributed by atoms with Crippen LogP contribution in [0.5, 0.6) is 0 Å². The summed E-state index contributed by atoms with van der Waals surface area (Å²) < 4.78 is 11.9. The first-order chi connectivity index (χ1) is 19.2. The molecule has 0 saturated heterocycles. The Hall–Kier alpha value is -1.98. The van der Waals surface area contributed by atoms with E-state index in [9.17, 15) is 19.2 Å². The van der Waals surface area contributed by atoms with Crippen LogP contribution in [0.3, 0.4) is 0 Å². The minimum Gasteiger partial charge on any atom is -0.462 e. The summed E-state index contributed by atoms with van der Waals surface area (Å²) in [6, 6.07) is 0. The first-order valence-electron chi connectivity index (χ1n) is 16.3. The van der Waals surface area contributed by atoms with Crippen molar-refractivity contribution in [2.24, 2.45) is 45.3 Å². The molecule has 0 heterocycles. The van der Waals surface area contributed by atoms with Crippen LogP contribution in [0.15, 0.2) is 11.6 Å². The number of carbonyl (C=O) groups excluding carboxylic acids is 4. The van der Waals surface area contributed by atoms with Crippen molar-refractivity contribution in [3.05, 3.63) is 11.6 Å². The van der Waals surface area contributed by atoms with Crippen LogP contribution in [0.1, 0.15) is 126 Å². The summed E-state index contributed by atoms with van der Waals surface area (Å²) in [5.74, 6) is -0.360. The SMILES string of the molecule is CCC(=O)OC(CC)CC(=O)O[C@H]1CC2[C@@]3(C)CCC[C@](C)(CC)C3CC[C@@]2(C)C2CC=C(C(C)=O)[C@H](C=O)[C@]21C. The van der Waals surface area contributed by atoms with Crippen LogP contribution in [0, 0.1) is 45.3 Å². The molecular formula is C35H54O6. The number of fused-ring (bicyclic) bond motifs is 5. The normalized spacial score (nSPS) is 42.4. The first-order valence-corrected chi connectivity index (χ1v) is 16.3. The molecule has 3 saturated carbocycles. The highest BCUT2D eigenvalue weighted by Gasteiger charge is 2.69. The summed E-state index contributed by atoms with van der Waals surface area (Å²) in [6.07, 6.45) is 11.2. The van der Waals surface area contributed by atoms with E-state index in [0.29, 0.717) is 42.1 Å². The third-order valence-corrected chi connectivity index (χ3v) is 13.0. The minimum absolute atomic E-state index is 0.00359. The van der Waals surface area contributed by atoms with E-state index < -0.39 is 29.5 Å². The molecule has 0 aromatic heterocycles. The second kappa shape index (κ2) is 11.6. The first kappa shape index (κ1) is 31.9. The van der Waals surface area contributed by atoms with Crippen LogP contribution in [0.25, 0.3) is 0 Å². The molecule has 0 radical (unpaired) electrons. The number of hydrogen-bond acceptors (Lipinski definition) is 6. The zero-order chi connectivity index (χ0) is 30.4. The highest BCUT2D eigenvalue weighted by Crippen LogP contribution is 2.73. The standard InChI is InChI=1S/C35H54O6/c1-9-23(40-30(38)10-2)19-31(39)41-29-20-28-33(6)17-12-16-32(5,11-3)26(33)15-18-34(28,7)27-14-13-24(22(4)37)25(21-36)35(27,29)8/h13,21,23,25-29H,9-12,14-20H2,1-8H3/t23?,25-,26?,27?,28?,29-,32-,33-,34-,35+/m0/s1. The number of hydrogen-bond donors (Lipinski definition) is 0. The number of rotatable bonds is 9. The summed E-state index contributed by atoms with van der Waals surface area (Å²) in [6.45, 7) is 17.0. The highest BCUT2D eigenvalue weighted by molar-refractivity contribution is 5.97. The summed E-state index contributed by atoms with van der Waals surface area (Å²) >= 11 is 0. The van der Waals surface area contributed by atoms with E-state index in [-0.39, 0.29) is 41.3 Å². The van der Waals surface area contributed by atoms with Crippen molar-refractivity contribution in [3.8, 4) is 0 Å². The van der Waals surface area contributed by atoms with Crippen molar-refractivity contribution < 1.29 is 28.7 Å². The smallest absolute Gasteiger partial charge is 0.309 e. The van der Waals surface area contributed by atoms with Crippen LogP contribution in [0.2, 0.25) is 0 Å². The van der Waals surface area contributed by atoms with Gasteiger partial charge in [0, 0.05) is 17.4 Å². The van der Waals surface area contributed by atoms with Gasteiger partial charge in [-0.1, -0.05) is 67.4 Å². The molecule has 0 N–H and O–H groups in total. The Morgan fingerprint density at radius 2 is 1.66 bits per heavy atom. The molecule has 230 valence electrons. The van der Waals surface area contributed by atoms with Crippen molar-refractivity contribution in [2.45, 2.75) is 138 Å². The molecule has 0 aliphatic heterocycles. The Balaban J connectivity index is 1.76. The average Bonchev–Trinajstić information content (AvgIpc) is 2.92. The van der Waals surface area contributed by atoms with E-state index in [2.05, 4.69) is 34.6 Å². The lowest BCUT2D eigenvalue weighted by atomic mass is 9.34. The number of carbonyl (C=O) groups is 4. The number of allylic oxidation sites excluding steroid dienone is 2. The van der Waals surface area contributed by atoms with Crippen LogP contribution in [-0.4, -0.2) is 36.2 Å². The van der Waals surface area contributed by atoms with E-state index in [0.717, 1.165) is 12.7 Å². The minimum atomic E-state index is -0.688. The maximum absolute atomic E-state index is 13.5. The van der Waals surface area contributed by atoms with Gasteiger partial charge in [-0.3, -0.25) is 14.4 Å². The molecule has 6 heteroatoms. The number of ether oxygens (including phenoxy) is 2. The fraction of sp³-hybridized carbons (Fsp3) is 0.829. The molecule has 4 aliphatic rings.